The fourth-order valence-electron chi connectivity index (χ4n) is 3.93. The van der Waals surface area contributed by atoms with Crippen LogP contribution in [0.2, 0.25) is 0 Å². The number of carbonyl (C=O) groups is 2. The van der Waals surface area contributed by atoms with E-state index in [1.165, 1.54) is 17.3 Å². The molecule has 0 bridgehead atoms. The molecule has 2 aromatic carbocycles. The summed E-state index contributed by atoms with van der Waals surface area (Å²) in [5.74, 6) is -1.17. The molecule has 0 radical (unpaired) electrons. The zero-order valence-corrected chi connectivity index (χ0v) is 15.2. The van der Waals surface area contributed by atoms with Crippen molar-refractivity contribution in [2.75, 3.05) is 23.3 Å². The molecule has 27 heavy (non-hydrogen) atoms. The summed E-state index contributed by atoms with van der Waals surface area (Å²) in [6.07, 6.45) is 1.87. The molecule has 2 heterocycles. The summed E-state index contributed by atoms with van der Waals surface area (Å²) in [5.41, 5.74) is 3.81. The van der Waals surface area contributed by atoms with Crippen molar-refractivity contribution >= 4 is 23.2 Å². The molecule has 4 rings (SSSR count). The van der Waals surface area contributed by atoms with Gasteiger partial charge in [-0.25, -0.2) is 4.39 Å². The minimum absolute atomic E-state index is 0.0276. The van der Waals surface area contributed by atoms with Crippen LogP contribution in [0.3, 0.4) is 0 Å². The van der Waals surface area contributed by atoms with Crippen LogP contribution in [0.15, 0.2) is 36.4 Å². The molecule has 0 fully saturated rings. The summed E-state index contributed by atoms with van der Waals surface area (Å²) < 4.78 is 14.3. The van der Waals surface area contributed by atoms with Crippen LogP contribution in [0.4, 0.5) is 15.8 Å². The molecule has 2 N–H and O–H groups in total. The lowest BCUT2D eigenvalue weighted by Gasteiger charge is -2.25. The maximum absolute atomic E-state index is 14.3. The predicted octanol–water partition coefficient (Wildman–Crippen LogP) is 2.89. The van der Waals surface area contributed by atoms with Crippen LogP contribution in [-0.4, -0.2) is 30.9 Å². The predicted molar refractivity (Wildman–Crippen MR) is 103 cm³/mol. The Morgan fingerprint density at radius 3 is 2.93 bits per heavy atom. The molecule has 0 aromatic heterocycles. The Labute approximate surface area is 157 Å². The Kier molecular flexibility index (Phi) is 4.56. The van der Waals surface area contributed by atoms with E-state index >= 15 is 0 Å². The van der Waals surface area contributed by atoms with Crippen molar-refractivity contribution in [1.29, 1.82) is 0 Å². The topological polar surface area (TPSA) is 61.4 Å². The highest BCUT2D eigenvalue weighted by Crippen LogP contribution is 2.31. The van der Waals surface area contributed by atoms with Crippen LogP contribution in [0.5, 0.6) is 0 Å². The van der Waals surface area contributed by atoms with E-state index in [2.05, 4.69) is 34.6 Å². The maximum atomic E-state index is 14.3. The quantitative estimate of drug-likeness (QED) is 0.874. The molecule has 2 aromatic rings. The van der Waals surface area contributed by atoms with Crippen molar-refractivity contribution in [2.45, 2.75) is 32.2 Å². The maximum Gasteiger partial charge on any atom is 0.254 e. The fourth-order valence-corrected chi connectivity index (χ4v) is 3.93. The van der Waals surface area contributed by atoms with Crippen molar-refractivity contribution in [3.05, 3.63) is 58.9 Å². The third-order valence-corrected chi connectivity index (χ3v) is 5.32. The number of hydrogen-bond acceptors (Lipinski definition) is 3. The highest BCUT2D eigenvalue weighted by Gasteiger charge is 2.25. The van der Waals surface area contributed by atoms with Gasteiger partial charge in [0.25, 0.3) is 5.91 Å². The van der Waals surface area contributed by atoms with Crippen LogP contribution >= 0.6 is 0 Å². The standard InChI is InChI=1S/C21H22FN3O2/c1-13-10-15-4-2-3-5-19(15)25(13)9-8-23-21(27)16-11-14-6-7-20(26)24-18(14)12-17(16)22/h2-5,11-13H,6-10H2,1H3,(H,23,27)(H,24,26). The number of aryl methyl sites for hydroxylation is 1. The van der Waals surface area contributed by atoms with E-state index in [0.717, 1.165) is 12.0 Å². The summed E-state index contributed by atoms with van der Waals surface area (Å²) in [4.78, 5) is 26.2. The number of nitrogens with zero attached hydrogens (tertiary/aromatic N) is 1. The average Bonchev–Trinajstić information content (AvgIpc) is 2.96. The van der Waals surface area contributed by atoms with Crippen LogP contribution < -0.4 is 15.5 Å². The zero-order valence-electron chi connectivity index (χ0n) is 15.2. The molecule has 0 spiro atoms. The number of hydrogen-bond donors (Lipinski definition) is 2. The third kappa shape index (κ3) is 3.39. The van der Waals surface area contributed by atoms with E-state index in [0.29, 0.717) is 37.7 Å². The number of benzene rings is 2. The van der Waals surface area contributed by atoms with E-state index in [9.17, 15) is 14.0 Å². The molecule has 140 valence electrons. The highest BCUT2D eigenvalue weighted by atomic mass is 19.1. The van der Waals surface area contributed by atoms with Gasteiger partial charge in [0.2, 0.25) is 5.91 Å². The molecule has 2 amide bonds. The number of amides is 2. The molecule has 1 atom stereocenters. The first kappa shape index (κ1) is 17.5. The second-order valence-corrected chi connectivity index (χ2v) is 7.17. The Hall–Kier alpha value is -2.89. The smallest absolute Gasteiger partial charge is 0.254 e. The molecular formula is C21H22FN3O2. The molecule has 2 aliphatic heterocycles. The van der Waals surface area contributed by atoms with Gasteiger partial charge in [-0.05, 0) is 49.1 Å². The van der Waals surface area contributed by atoms with Crippen molar-refractivity contribution in [2.24, 2.45) is 0 Å². The third-order valence-electron chi connectivity index (χ3n) is 5.32. The van der Waals surface area contributed by atoms with Crippen LogP contribution in [0.1, 0.15) is 34.8 Å². The number of anilines is 2. The lowest BCUT2D eigenvalue weighted by atomic mass is 9.99. The zero-order chi connectivity index (χ0) is 19.0. The van der Waals surface area contributed by atoms with Gasteiger partial charge in [0, 0.05) is 36.9 Å². The van der Waals surface area contributed by atoms with E-state index < -0.39 is 11.7 Å². The number of halogens is 1. The van der Waals surface area contributed by atoms with Gasteiger partial charge in [-0.3, -0.25) is 9.59 Å². The van der Waals surface area contributed by atoms with Crippen molar-refractivity contribution in [3.63, 3.8) is 0 Å². The fraction of sp³-hybridized carbons (Fsp3) is 0.333. The number of carbonyl (C=O) groups excluding carboxylic acids is 2. The second kappa shape index (κ2) is 7.02. The monoisotopic (exact) mass is 367 g/mol. The number of nitrogens with one attached hydrogen (secondary N) is 2. The first-order chi connectivity index (χ1) is 13.0. The summed E-state index contributed by atoms with van der Waals surface area (Å²) >= 11 is 0. The van der Waals surface area contributed by atoms with Crippen LogP contribution in [0, 0.1) is 5.82 Å². The van der Waals surface area contributed by atoms with Gasteiger partial charge in [0.1, 0.15) is 5.82 Å². The van der Waals surface area contributed by atoms with Gasteiger partial charge >= 0.3 is 0 Å². The van der Waals surface area contributed by atoms with Gasteiger partial charge < -0.3 is 15.5 Å². The van der Waals surface area contributed by atoms with Crippen molar-refractivity contribution in [1.82, 2.24) is 5.32 Å². The van der Waals surface area contributed by atoms with Gasteiger partial charge in [-0.1, -0.05) is 18.2 Å². The van der Waals surface area contributed by atoms with E-state index in [1.807, 2.05) is 12.1 Å². The summed E-state index contributed by atoms with van der Waals surface area (Å²) in [5, 5.41) is 5.47. The highest BCUT2D eigenvalue weighted by molar-refractivity contribution is 5.98. The summed E-state index contributed by atoms with van der Waals surface area (Å²) in [6, 6.07) is 11.4. The first-order valence-electron chi connectivity index (χ1n) is 9.28. The largest absolute Gasteiger partial charge is 0.367 e. The summed E-state index contributed by atoms with van der Waals surface area (Å²) in [6.45, 7) is 3.27. The molecule has 0 aliphatic carbocycles. The number of rotatable bonds is 4. The van der Waals surface area contributed by atoms with E-state index in [1.54, 1.807) is 6.07 Å². The number of fused-ring (bicyclic) bond motifs is 2. The van der Waals surface area contributed by atoms with Crippen molar-refractivity contribution < 1.29 is 14.0 Å². The molecule has 0 saturated heterocycles. The van der Waals surface area contributed by atoms with Crippen LogP contribution in [0.25, 0.3) is 0 Å². The minimum atomic E-state index is -0.617. The average molecular weight is 367 g/mol. The Bertz CT molecular complexity index is 912. The van der Waals surface area contributed by atoms with E-state index in [4.69, 9.17) is 0 Å². The van der Waals surface area contributed by atoms with Gasteiger partial charge in [-0.15, -0.1) is 0 Å². The lowest BCUT2D eigenvalue weighted by Crippen LogP contribution is -2.38. The summed E-state index contributed by atoms with van der Waals surface area (Å²) in [7, 11) is 0. The van der Waals surface area contributed by atoms with Gasteiger partial charge in [-0.2, -0.15) is 0 Å². The number of para-hydroxylation sites is 1. The Balaban J connectivity index is 1.41. The second-order valence-electron chi connectivity index (χ2n) is 7.17. The van der Waals surface area contributed by atoms with Crippen LogP contribution in [-0.2, 0) is 17.6 Å². The Morgan fingerprint density at radius 2 is 2.07 bits per heavy atom. The lowest BCUT2D eigenvalue weighted by molar-refractivity contribution is -0.116. The molecule has 2 aliphatic rings. The van der Waals surface area contributed by atoms with Crippen molar-refractivity contribution in [3.8, 4) is 0 Å². The van der Waals surface area contributed by atoms with Gasteiger partial charge in [0.05, 0.1) is 5.56 Å². The minimum Gasteiger partial charge on any atom is -0.367 e. The van der Waals surface area contributed by atoms with E-state index in [-0.39, 0.29) is 11.5 Å². The molecule has 5 nitrogen and oxygen atoms in total. The molecule has 6 heteroatoms. The molecular weight excluding hydrogens is 345 g/mol. The first-order valence-corrected chi connectivity index (χ1v) is 9.28. The Morgan fingerprint density at radius 1 is 1.26 bits per heavy atom. The SMILES string of the molecule is CC1Cc2ccccc2N1CCNC(=O)c1cc2c(cc1F)NC(=O)CC2. The molecule has 1 unspecified atom stereocenters. The normalized spacial score (nSPS) is 17.9. The van der Waals surface area contributed by atoms with Gasteiger partial charge in [0.15, 0.2) is 0 Å². The molecule has 0 saturated carbocycles.